The summed E-state index contributed by atoms with van der Waals surface area (Å²) in [5.74, 6) is 1.20. The van der Waals surface area contributed by atoms with E-state index >= 15 is 0 Å². The van der Waals surface area contributed by atoms with Crippen LogP contribution < -0.4 is 5.32 Å². The van der Waals surface area contributed by atoms with Gasteiger partial charge in [-0.1, -0.05) is 42.1 Å². The maximum Gasteiger partial charge on any atom is 0.222 e. The molecule has 1 atom stereocenters. The van der Waals surface area contributed by atoms with Crippen molar-refractivity contribution in [2.45, 2.75) is 29.8 Å². The standard InChI is InChI=1S/C17H21N3OS2/c21-16-7-6-15(13-18-12-14-4-2-1-3-5-14)20(16)9-11-23-17-19-8-10-22-17/h1-5,8,10,15,18H,6-7,9,11-13H2/t15-/m1/s1. The van der Waals surface area contributed by atoms with Gasteiger partial charge in [-0.05, 0) is 12.0 Å². The number of hydrogen-bond acceptors (Lipinski definition) is 5. The Balaban J connectivity index is 1.43. The van der Waals surface area contributed by atoms with Crippen LogP contribution in [0.3, 0.4) is 0 Å². The van der Waals surface area contributed by atoms with E-state index in [1.54, 1.807) is 23.1 Å². The van der Waals surface area contributed by atoms with E-state index in [4.69, 9.17) is 0 Å². The van der Waals surface area contributed by atoms with Crippen LogP contribution in [0.5, 0.6) is 0 Å². The number of amides is 1. The zero-order chi connectivity index (χ0) is 15.9. The van der Waals surface area contributed by atoms with E-state index in [0.717, 1.165) is 36.1 Å². The fraction of sp³-hybridized carbons (Fsp3) is 0.412. The van der Waals surface area contributed by atoms with Crippen LogP contribution in [0.15, 0.2) is 46.2 Å². The summed E-state index contributed by atoms with van der Waals surface area (Å²) in [6.45, 7) is 2.52. The molecule has 0 spiro atoms. The van der Waals surface area contributed by atoms with Gasteiger partial charge in [0.2, 0.25) is 5.91 Å². The van der Waals surface area contributed by atoms with Crippen molar-refractivity contribution in [3.63, 3.8) is 0 Å². The number of carbonyl (C=O) groups excluding carboxylic acids is 1. The monoisotopic (exact) mass is 347 g/mol. The summed E-state index contributed by atoms with van der Waals surface area (Å²) in [4.78, 5) is 18.4. The van der Waals surface area contributed by atoms with Crippen molar-refractivity contribution in [3.8, 4) is 0 Å². The van der Waals surface area contributed by atoms with Crippen LogP contribution in [-0.2, 0) is 11.3 Å². The Bertz CT molecular complexity index is 604. The molecular formula is C17H21N3OS2. The molecule has 2 heterocycles. The van der Waals surface area contributed by atoms with Crippen LogP contribution >= 0.6 is 23.1 Å². The Kier molecular flexibility index (Phi) is 6.07. The summed E-state index contributed by atoms with van der Waals surface area (Å²) >= 11 is 3.39. The number of thioether (sulfide) groups is 1. The van der Waals surface area contributed by atoms with Crippen molar-refractivity contribution in [3.05, 3.63) is 47.5 Å². The lowest BCUT2D eigenvalue weighted by Crippen LogP contribution is -2.41. The Morgan fingerprint density at radius 1 is 1.35 bits per heavy atom. The second kappa shape index (κ2) is 8.47. The zero-order valence-corrected chi connectivity index (χ0v) is 14.6. The average molecular weight is 348 g/mol. The van der Waals surface area contributed by atoms with Gasteiger partial charge >= 0.3 is 0 Å². The van der Waals surface area contributed by atoms with Gasteiger partial charge in [0, 0.05) is 49.4 Å². The molecule has 1 saturated heterocycles. The molecule has 0 saturated carbocycles. The third-order valence-corrected chi connectivity index (χ3v) is 5.92. The fourth-order valence-corrected chi connectivity index (χ4v) is 4.45. The van der Waals surface area contributed by atoms with E-state index < -0.39 is 0 Å². The summed E-state index contributed by atoms with van der Waals surface area (Å²) in [6, 6.07) is 10.7. The van der Waals surface area contributed by atoms with Crippen LogP contribution in [0.25, 0.3) is 0 Å². The number of benzene rings is 1. The highest BCUT2D eigenvalue weighted by molar-refractivity contribution is 8.01. The van der Waals surface area contributed by atoms with Gasteiger partial charge < -0.3 is 10.2 Å². The lowest BCUT2D eigenvalue weighted by atomic mass is 10.2. The van der Waals surface area contributed by atoms with Gasteiger partial charge in [0.25, 0.3) is 0 Å². The first-order chi connectivity index (χ1) is 11.3. The summed E-state index contributed by atoms with van der Waals surface area (Å²) in [7, 11) is 0. The Hall–Kier alpha value is -1.37. The normalized spacial score (nSPS) is 17.8. The molecule has 4 nitrogen and oxygen atoms in total. The summed E-state index contributed by atoms with van der Waals surface area (Å²) in [5.41, 5.74) is 1.28. The number of aromatic nitrogens is 1. The predicted octanol–water partition coefficient (Wildman–Crippen LogP) is 3.02. The van der Waals surface area contributed by atoms with Crippen LogP contribution in [0.2, 0.25) is 0 Å². The fourth-order valence-electron chi connectivity index (χ4n) is 2.80. The molecule has 6 heteroatoms. The molecule has 1 amide bonds. The van der Waals surface area contributed by atoms with E-state index in [0.29, 0.717) is 12.5 Å². The molecule has 1 N–H and O–H groups in total. The van der Waals surface area contributed by atoms with E-state index in [2.05, 4.69) is 34.6 Å². The molecule has 1 aromatic carbocycles. The van der Waals surface area contributed by atoms with Crippen molar-refractivity contribution >= 4 is 29.0 Å². The lowest BCUT2D eigenvalue weighted by molar-refractivity contribution is -0.128. The van der Waals surface area contributed by atoms with Crippen molar-refractivity contribution < 1.29 is 4.79 Å². The van der Waals surface area contributed by atoms with E-state index in [-0.39, 0.29) is 5.91 Å². The van der Waals surface area contributed by atoms with Gasteiger partial charge in [-0.15, -0.1) is 11.3 Å². The quantitative estimate of drug-likeness (QED) is 0.746. The van der Waals surface area contributed by atoms with E-state index in [1.807, 2.05) is 22.5 Å². The van der Waals surface area contributed by atoms with Crippen molar-refractivity contribution in [2.24, 2.45) is 0 Å². The van der Waals surface area contributed by atoms with Gasteiger partial charge in [0.05, 0.1) is 0 Å². The average Bonchev–Trinajstić information content (AvgIpc) is 3.20. The molecule has 0 unspecified atom stereocenters. The highest BCUT2D eigenvalue weighted by atomic mass is 32.2. The predicted molar refractivity (Wildman–Crippen MR) is 95.7 cm³/mol. The number of likely N-dealkylation sites (tertiary alicyclic amines) is 1. The van der Waals surface area contributed by atoms with Gasteiger partial charge in [-0.2, -0.15) is 0 Å². The molecule has 0 bridgehead atoms. The molecule has 23 heavy (non-hydrogen) atoms. The molecular weight excluding hydrogens is 326 g/mol. The third-order valence-electron chi connectivity index (χ3n) is 3.97. The minimum atomic E-state index is 0.288. The SMILES string of the molecule is O=C1CC[C@H](CNCc2ccccc2)N1CCSc1nccs1. The summed E-state index contributed by atoms with van der Waals surface area (Å²) < 4.78 is 1.08. The minimum Gasteiger partial charge on any atom is -0.338 e. The first-order valence-corrected chi connectivity index (χ1v) is 9.76. The van der Waals surface area contributed by atoms with Crippen LogP contribution in [0, 0.1) is 0 Å². The van der Waals surface area contributed by atoms with Gasteiger partial charge in [0.1, 0.15) is 4.34 Å². The number of hydrogen-bond donors (Lipinski definition) is 1. The largest absolute Gasteiger partial charge is 0.338 e. The maximum absolute atomic E-state index is 12.1. The molecule has 1 aromatic heterocycles. The molecule has 1 aliphatic heterocycles. The van der Waals surface area contributed by atoms with Gasteiger partial charge in [-0.25, -0.2) is 4.98 Å². The summed E-state index contributed by atoms with van der Waals surface area (Å²) in [6.07, 6.45) is 3.46. The molecule has 1 aliphatic rings. The first-order valence-electron chi connectivity index (χ1n) is 7.89. The van der Waals surface area contributed by atoms with E-state index in [1.165, 1.54) is 5.56 Å². The minimum absolute atomic E-state index is 0.288. The van der Waals surface area contributed by atoms with Crippen LogP contribution in [0.4, 0.5) is 0 Å². The topological polar surface area (TPSA) is 45.2 Å². The van der Waals surface area contributed by atoms with Crippen molar-refractivity contribution in [1.82, 2.24) is 15.2 Å². The van der Waals surface area contributed by atoms with Gasteiger partial charge in [-0.3, -0.25) is 4.79 Å². The van der Waals surface area contributed by atoms with Crippen LogP contribution in [0.1, 0.15) is 18.4 Å². The van der Waals surface area contributed by atoms with Crippen molar-refractivity contribution in [1.29, 1.82) is 0 Å². The van der Waals surface area contributed by atoms with Crippen molar-refractivity contribution in [2.75, 3.05) is 18.8 Å². The third kappa shape index (κ3) is 4.80. The van der Waals surface area contributed by atoms with E-state index in [9.17, 15) is 4.79 Å². The molecule has 3 rings (SSSR count). The number of nitrogens with zero attached hydrogens (tertiary/aromatic N) is 2. The second-order valence-electron chi connectivity index (χ2n) is 5.54. The maximum atomic E-state index is 12.1. The smallest absolute Gasteiger partial charge is 0.222 e. The van der Waals surface area contributed by atoms with Crippen LogP contribution in [-0.4, -0.2) is 40.7 Å². The highest BCUT2D eigenvalue weighted by Crippen LogP contribution is 2.23. The van der Waals surface area contributed by atoms with Gasteiger partial charge in [0.15, 0.2) is 0 Å². The number of nitrogens with one attached hydrogen (secondary N) is 1. The molecule has 1 fully saturated rings. The molecule has 2 aromatic rings. The Morgan fingerprint density at radius 3 is 3.00 bits per heavy atom. The zero-order valence-electron chi connectivity index (χ0n) is 13.0. The molecule has 0 aliphatic carbocycles. The Labute approximate surface area is 145 Å². The first kappa shape index (κ1) is 16.5. The number of carbonyl (C=O) groups is 1. The number of thiazole rings is 1. The molecule has 122 valence electrons. The molecule has 0 radical (unpaired) electrons. The Morgan fingerprint density at radius 2 is 2.22 bits per heavy atom. The number of rotatable bonds is 8. The lowest BCUT2D eigenvalue weighted by Gasteiger charge is -2.25. The highest BCUT2D eigenvalue weighted by Gasteiger charge is 2.29. The summed E-state index contributed by atoms with van der Waals surface area (Å²) in [5, 5.41) is 5.47. The second-order valence-corrected chi connectivity index (χ2v) is 7.78.